The first kappa shape index (κ1) is 15.9. The third-order valence-corrected chi connectivity index (χ3v) is 3.41. The molecule has 0 saturated carbocycles. The van der Waals surface area contributed by atoms with Crippen molar-refractivity contribution in [1.29, 1.82) is 0 Å². The van der Waals surface area contributed by atoms with Crippen LogP contribution in [0, 0.1) is 0 Å². The third-order valence-electron chi connectivity index (χ3n) is 3.41. The van der Waals surface area contributed by atoms with Crippen LogP contribution in [-0.2, 0) is 4.74 Å². The summed E-state index contributed by atoms with van der Waals surface area (Å²) in [7, 11) is 1.92. The van der Waals surface area contributed by atoms with Gasteiger partial charge in [0.05, 0.1) is 12.7 Å². The molecule has 0 amide bonds. The average molecular weight is 231 g/mol. The number of hydrogen-bond donors (Lipinski definition) is 2. The molecule has 0 aliphatic carbocycles. The highest BCUT2D eigenvalue weighted by molar-refractivity contribution is 4.84. The number of likely N-dealkylation sites (N-methyl/N-ethyl adjacent to an activating group) is 1. The number of ether oxygens (including phenoxy) is 1. The lowest BCUT2D eigenvalue weighted by Gasteiger charge is -2.30. The standard InChI is InChI=1S/C13H29NO2/c1-5-8-12(3)16-10-7-9-13(6-2,11-15)14-4/h12,14-15H,5-11H2,1-4H3. The first-order chi connectivity index (χ1) is 7.64. The minimum atomic E-state index is -0.114. The predicted molar refractivity (Wildman–Crippen MR) is 68.7 cm³/mol. The van der Waals surface area contributed by atoms with E-state index in [2.05, 4.69) is 26.1 Å². The van der Waals surface area contributed by atoms with Crippen molar-refractivity contribution in [2.24, 2.45) is 0 Å². The molecule has 0 aliphatic rings. The normalized spacial score (nSPS) is 17.1. The van der Waals surface area contributed by atoms with E-state index in [1.165, 1.54) is 6.42 Å². The van der Waals surface area contributed by atoms with Crippen LogP contribution < -0.4 is 5.32 Å². The van der Waals surface area contributed by atoms with Crippen LogP contribution in [-0.4, -0.2) is 37.0 Å². The number of aliphatic hydroxyl groups is 1. The zero-order chi connectivity index (χ0) is 12.4. The smallest absolute Gasteiger partial charge is 0.0613 e. The summed E-state index contributed by atoms with van der Waals surface area (Å²) < 4.78 is 5.70. The molecule has 16 heavy (non-hydrogen) atoms. The van der Waals surface area contributed by atoms with Crippen LogP contribution in [0.4, 0.5) is 0 Å². The number of hydrogen-bond acceptors (Lipinski definition) is 3. The Morgan fingerprint density at radius 3 is 2.50 bits per heavy atom. The molecule has 3 nitrogen and oxygen atoms in total. The van der Waals surface area contributed by atoms with Gasteiger partial charge in [0.15, 0.2) is 0 Å². The number of rotatable bonds is 10. The van der Waals surface area contributed by atoms with Gasteiger partial charge in [0.2, 0.25) is 0 Å². The second-order valence-corrected chi connectivity index (χ2v) is 4.62. The van der Waals surface area contributed by atoms with Crippen LogP contribution in [0.25, 0.3) is 0 Å². The highest BCUT2D eigenvalue weighted by Gasteiger charge is 2.24. The van der Waals surface area contributed by atoms with E-state index in [-0.39, 0.29) is 12.1 Å². The topological polar surface area (TPSA) is 41.5 Å². The van der Waals surface area contributed by atoms with Crippen molar-refractivity contribution in [3.8, 4) is 0 Å². The van der Waals surface area contributed by atoms with Crippen LogP contribution in [0.15, 0.2) is 0 Å². The molecule has 0 bridgehead atoms. The first-order valence-corrected chi connectivity index (χ1v) is 6.55. The highest BCUT2D eigenvalue weighted by Crippen LogP contribution is 2.16. The Kier molecular flexibility index (Phi) is 8.90. The van der Waals surface area contributed by atoms with Gasteiger partial charge in [-0.15, -0.1) is 0 Å². The van der Waals surface area contributed by atoms with Crippen LogP contribution in [0.1, 0.15) is 52.9 Å². The summed E-state index contributed by atoms with van der Waals surface area (Å²) in [6.45, 7) is 7.40. The van der Waals surface area contributed by atoms with Gasteiger partial charge in [0, 0.05) is 12.1 Å². The molecule has 0 aromatic heterocycles. The van der Waals surface area contributed by atoms with E-state index < -0.39 is 0 Å². The molecule has 2 atom stereocenters. The Morgan fingerprint density at radius 1 is 1.38 bits per heavy atom. The lowest BCUT2D eigenvalue weighted by Crippen LogP contribution is -2.46. The molecule has 0 aromatic rings. The molecular formula is C13H29NO2. The van der Waals surface area contributed by atoms with E-state index >= 15 is 0 Å². The van der Waals surface area contributed by atoms with Crippen molar-refractivity contribution < 1.29 is 9.84 Å². The van der Waals surface area contributed by atoms with Gasteiger partial charge in [-0.2, -0.15) is 0 Å². The monoisotopic (exact) mass is 231 g/mol. The number of nitrogens with one attached hydrogen (secondary N) is 1. The van der Waals surface area contributed by atoms with Gasteiger partial charge in [0.1, 0.15) is 0 Å². The van der Waals surface area contributed by atoms with E-state index in [0.717, 1.165) is 32.3 Å². The van der Waals surface area contributed by atoms with E-state index in [1.807, 2.05) is 7.05 Å². The fraction of sp³-hybridized carbons (Fsp3) is 1.00. The molecule has 0 aromatic carbocycles. The maximum atomic E-state index is 9.37. The first-order valence-electron chi connectivity index (χ1n) is 6.55. The molecule has 2 unspecified atom stereocenters. The predicted octanol–water partition coefficient (Wildman–Crippen LogP) is 2.33. The second-order valence-electron chi connectivity index (χ2n) is 4.62. The summed E-state index contributed by atoms with van der Waals surface area (Å²) in [5, 5.41) is 12.6. The molecule has 0 spiro atoms. The second kappa shape index (κ2) is 8.97. The quantitative estimate of drug-likeness (QED) is 0.567. The molecule has 0 saturated heterocycles. The molecule has 0 radical (unpaired) electrons. The molecule has 0 heterocycles. The largest absolute Gasteiger partial charge is 0.394 e. The summed E-state index contributed by atoms with van der Waals surface area (Å²) in [6.07, 6.45) is 5.59. The molecule has 0 rings (SSSR count). The van der Waals surface area contributed by atoms with Crippen molar-refractivity contribution in [1.82, 2.24) is 5.32 Å². The van der Waals surface area contributed by atoms with Crippen molar-refractivity contribution in [3.63, 3.8) is 0 Å². The van der Waals surface area contributed by atoms with E-state index in [0.29, 0.717) is 6.10 Å². The van der Waals surface area contributed by atoms with Crippen LogP contribution in [0.2, 0.25) is 0 Å². The van der Waals surface area contributed by atoms with E-state index in [4.69, 9.17) is 4.74 Å². The van der Waals surface area contributed by atoms with Crippen LogP contribution in [0.5, 0.6) is 0 Å². The fourth-order valence-corrected chi connectivity index (χ4v) is 1.93. The van der Waals surface area contributed by atoms with Crippen molar-refractivity contribution in [2.45, 2.75) is 64.5 Å². The van der Waals surface area contributed by atoms with Gasteiger partial charge in [0.25, 0.3) is 0 Å². The van der Waals surface area contributed by atoms with Gasteiger partial charge in [-0.25, -0.2) is 0 Å². The summed E-state index contributed by atoms with van der Waals surface area (Å²) >= 11 is 0. The average Bonchev–Trinajstić information content (AvgIpc) is 2.31. The summed E-state index contributed by atoms with van der Waals surface area (Å²) in [5.41, 5.74) is -0.114. The zero-order valence-corrected chi connectivity index (χ0v) is 11.4. The highest BCUT2D eigenvalue weighted by atomic mass is 16.5. The molecule has 0 fully saturated rings. The Balaban J connectivity index is 3.70. The Labute approximate surface area is 101 Å². The van der Waals surface area contributed by atoms with Gasteiger partial charge >= 0.3 is 0 Å². The third kappa shape index (κ3) is 5.83. The molecular weight excluding hydrogens is 202 g/mol. The lowest BCUT2D eigenvalue weighted by molar-refractivity contribution is 0.0492. The molecule has 3 heteroatoms. The molecule has 2 N–H and O–H groups in total. The number of aliphatic hydroxyl groups excluding tert-OH is 1. The van der Waals surface area contributed by atoms with Gasteiger partial charge in [-0.1, -0.05) is 20.3 Å². The SMILES string of the molecule is CCCC(C)OCCCC(CC)(CO)NC. The van der Waals surface area contributed by atoms with Crippen molar-refractivity contribution in [2.75, 3.05) is 20.3 Å². The maximum absolute atomic E-state index is 9.37. The summed E-state index contributed by atoms with van der Waals surface area (Å²) in [4.78, 5) is 0. The summed E-state index contributed by atoms with van der Waals surface area (Å²) in [6, 6.07) is 0. The van der Waals surface area contributed by atoms with Gasteiger partial charge < -0.3 is 15.2 Å². The van der Waals surface area contributed by atoms with Gasteiger partial charge in [-0.05, 0) is 39.7 Å². The van der Waals surface area contributed by atoms with Crippen molar-refractivity contribution in [3.05, 3.63) is 0 Å². The maximum Gasteiger partial charge on any atom is 0.0613 e. The van der Waals surface area contributed by atoms with Crippen molar-refractivity contribution >= 4 is 0 Å². The Hall–Kier alpha value is -0.120. The fourth-order valence-electron chi connectivity index (χ4n) is 1.93. The van der Waals surface area contributed by atoms with Crippen LogP contribution >= 0.6 is 0 Å². The minimum absolute atomic E-state index is 0.114. The Bertz CT molecular complexity index is 150. The zero-order valence-electron chi connectivity index (χ0n) is 11.4. The van der Waals surface area contributed by atoms with E-state index in [9.17, 15) is 5.11 Å². The Morgan fingerprint density at radius 2 is 2.06 bits per heavy atom. The van der Waals surface area contributed by atoms with Crippen LogP contribution in [0.3, 0.4) is 0 Å². The lowest BCUT2D eigenvalue weighted by atomic mass is 9.92. The molecule has 0 aliphatic heterocycles. The van der Waals surface area contributed by atoms with E-state index in [1.54, 1.807) is 0 Å². The van der Waals surface area contributed by atoms with Gasteiger partial charge in [-0.3, -0.25) is 0 Å². The minimum Gasteiger partial charge on any atom is -0.394 e. The summed E-state index contributed by atoms with van der Waals surface area (Å²) in [5.74, 6) is 0. The molecule has 98 valence electrons.